The molecule has 2 saturated heterocycles. The molecular formula is C29H38N4O4. The first-order chi connectivity index (χ1) is 18.0. The van der Waals surface area contributed by atoms with Crippen molar-refractivity contribution in [1.29, 1.82) is 0 Å². The highest BCUT2D eigenvalue weighted by Gasteiger charge is 2.45. The Labute approximate surface area is 217 Å². The Hall–Kier alpha value is -2.74. The summed E-state index contributed by atoms with van der Waals surface area (Å²) in [6, 6.07) is 9.69. The molecule has 0 spiro atoms. The van der Waals surface area contributed by atoms with Gasteiger partial charge in [-0.1, -0.05) is 43.0 Å². The van der Waals surface area contributed by atoms with Gasteiger partial charge in [0.1, 0.15) is 5.71 Å². The third-order valence-electron chi connectivity index (χ3n) is 9.42. The Morgan fingerprint density at radius 2 is 1.65 bits per heavy atom. The summed E-state index contributed by atoms with van der Waals surface area (Å²) in [4.78, 5) is 37.2. The number of rotatable bonds is 6. The molecule has 2 aromatic rings. The number of piperidine rings is 2. The zero-order chi connectivity index (χ0) is 25.5. The number of para-hydroxylation sites is 2. The van der Waals surface area contributed by atoms with Gasteiger partial charge in [-0.2, -0.15) is 0 Å². The normalized spacial score (nSPS) is 32.3. The monoisotopic (exact) mass is 506 g/mol. The minimum atomic E-state index is -1.11. The Morgan fingerprint density at radius 1 is 0.973 bits per heavy atom. The van der Waals surface area contributed by atoms with Crippen molar-refractivity contribution in [3.05, 3.63) is 40.3 Å². The number of oxime groups is 1. The lowest BCUT2D eigenvalue weighted by Gasteiger charge is -2.55. The molecule has 2 aliphatic heterocycles. The summed E-state index contributed by atoms with van der Waals surface area (Å²) >= 11 is 0. The SMILES string of the molecule is C/C(=N\OCC(=O)O)c1nc2ccccc2n(C2C[C@H]3CCC[C@@H](C2)N3C2CC3CCCC(C3)C2)c1=O. The van der Waals surface area contributed by atoms with E-state index >= 15 is 0 Å². The minimum Gasteiger partial charge on any atom is -0.479 e. The van der Waals surface area contributed by atoms with Crippen LogP contribution in [-0.4, -0.2) is 56.0 Å². The van der Waals surface area contributed by atoms with E-state index in [0.29, 0.717) is 23.8 Å². The van der Waals surface area contributed by atoms with Crippen molar-refractivity contribution in [2.75, 3.05) is 6.61 Å². The molecule has 8 heteroatoms. The first-order valence-corrected chi connectivity index (χ1v) is 14.2. The number of benzene rings is 1. The van der Waals surface area contributed by atoms with Crippen molar-refractivity contribution in [2.24, 2.45) is 17.0 Å². The molecule has 2 saturated carbocycles. The predicted octanol–water partition coefficient (Wildman–Crippen LogP) is 4.75. The molecule has 1 N–H and O–H groups in total. The first kappa shape index (κ1) is 24.6. The molecule has 4 bridgehead atoms. The Morgan fingerprint density at radius 3 is 2.35 bits per heavy atom. The molecule has 2 aliphatic carbocycles. The van der Waals surface area contributed by atoms with E-state index in [2.05, 4.69) is 15.0 Å². The molecule has 1 aromatic heterocycles. The highest BCUT2D eigenvalue weighted by Crippen LogP contribution is 2.47. The number of carbonyl (C=O) groups is 1. The average molecular weight is 507 g/mol. The van der Waals surface area contributed by atoms with Crippen molar-refractivity contribution in [3.63, 3.8) is 0 Å². The summed E-state index contributed by atoms with van der Waals surface area (Å²) in [6.45, 7) is 1.10. The molecule has 3 unspecified atom stereocenters. The van der Waals surface area contributed by atoms with Gasteiger partial charge in [-0.25, -0.2) is 9.78 Å². The number of aromatic nitrogens is 2. The smallest absolute Gasteiger partial charge is 0.344 e. The number of carboxylic acids is 1. The van der Waals surface area contributed by atoms with Gasteiger partial charge in [-0.15, -0.1) is 0 Å². The molecule has 198 valence electrons. The number of fused-ring (bicyclic) bond motifs is 5. The molecule has 4 fully saturated rings. The molecule has 1 aromatic carbocycles. The third kappa shape index (κ3) is 4.80. The van der Waals surface area contributed by atoms with E-state index in [1.54, 1.807) is 6.92 Å². The van der Waals surface area contributed by atoms with Crippen LogP contribution in [0.4, 0.5) is 0 Å². The minimum absolute atomic E-state index is 0.113. The van der Waals surface area contributed by atoms with Gasteiger partial charge in [0.2, 0.25) is 6.61 Å². The van der Waals surface area contributed by atoms with E-state index in [1.807, 2.05) is 28.8 Å². The second-order valence-corrected chi connectivity index (χ2v) is 11.8. The molecule has 0 amide bonds. The van der Waals surface area contributed by atoms with Crippen LogP contribution in [0, 0.1) is 11.8 Å². The van der Waals surface area contributed by atoms with Gasteiger partial charge < -0.3 is 14.5 Å². The zero-order valence-electron chi connectivity index (χ0n) is 21.7. The lowest BCUT2D eigenvalue weighted by atomic mass is 9.68. The maximum Gasteiger partial charge on any atom is 0.344 e. The van der Waals surface area contributed by atoms with E-state index in [-0.39, 0.29) is 17.3 Å². The van der Waals surface area contributed by atoms with Crippen LogP contribution in [0.3, 0.4) is 0 Å². The zero-order valence-corrected chi connectivity index (χ0v) is 21.7. The number of carboxylic acid groups (broad SMARTS) is 1. The topological polar surface area (TPSA) is 97.0 Å². The molecule has 0 radical (unpaired) electrons. The quantitative estimate of drug-likeness (QED) is 0.449. The Bertz CT molecular complexity index is 1230. The van der Waals surface area contributed by atoms with E-state index in [1.165, 1.54) is 57.8 Å². The molecule has 3 heterocycles. The Balaban J connectivity index is 1.32. The van der Waals surface area contributed by atoms with Gasteiger partial charge in [0.15, 0.2) is 5.69 Å². The van der Waals surface area contributed by atoms with Crippen LogP contribution in [0.15, 0.2) is 34.2 Å². The lowest BCUT2D eigenvalue weighted by molar-refractivity contribution is -0.142. The molecule has 8 nitrogen and oxygen atoms in total. The maximum atomic E-state index is 13.9. The van der Waals surface area contributed by atoms with Crippen LogP contribution in [0.2, 0.25) is 0 Å². The van der Waals surface area contributed by atoms with E-state index in [4.69, 9.17) is 9.94 Å². The maximum absolute atomic E-state index is 13.9. The fourth-order valence-corrected chi connectivity index (χ4v) is 8.12. The summed E-state index contributed by atoms with van der Waals surface area (Å²) in [5, 5.41) is 12.8. The number of nitrogens with zero attached hydrogens (tertiary/aromatic N) is 4. The molecular weight excluding hydrogens is 468 g/mol. The molecule has 4 aliphatic rings. The van der Waals surface area contributed by atoms with Crippen LogP contribution >= 0.6 is 0 Å². The van der Waals surface area contributed by atoms with Gasteiger partial charge in [0.05, 0.1) is 11.0 Å². The van der Waals surface area contributed by atoms with Crippen LogP contribution < -0.4 is 5.56 Å². The standard InChI is InChI=1S/C29H38N4O4/c1-18(31-37-17-27(34)35)28-29(36)33(26-11-3-2-10-25(26)30-28)24-15-21-8-5-9-22(16-24)32(21)23-13-19-6-4-7-20(12-19)14-23/h2-3,10-11,19-24H,4-9,12-17H2,1H3,(H,34,35)/b31-18+/t19?,20?,21-,22+,23?,24?. The number of hydrogen-bond acceptors (Lipinski definition) is 6. The van der Waals surface area contributed by atoms with Gasteiger partial charge in [0.25, 0.3) is 5.56 Å². The molecule has 5 atom stereocenters. The molecule has 37 heavy (non-hydrogen) atoms. The predicted molar refractivity (Wildman–Crippen MR) is 142 cm³/mol. The van der Waals surface area contributed by atoms with Gasteiger partial charge in [-0.05, 0) is 75.8 Å². The summed E-state index contributed by atoms with van der Waals surface area (Å²) in [7, 11) is 0. The fraction of sp³-hybridized carbons (Fsp3) is 0.655. The van der Waals surface area contributed by atoms with E-state index in [0.717, 1.165) is 35.7 Å². The van der Waals surface area contributed by atoms with E-state index in [9.17, 15) is 9.59 Å². The molecule has 6 rings (SSSR count). The van der Waals surface area contributed by atoms with Crippen molar-refractivity contribution < 1.29 is 14.7 Å². The van der Waals surface area contributed by atoms with Crippen LogP contribution in [-0.2, 0) is 9.63 Å². The van der Waals surface area contributed by atoms with Crippen molar-refractivity contribution in [3.8, 4) is 0 Å². The van der Waals surface area contributed by atoms with Crippen LogP contribution in [0.1, 0.15) is 89.3 Å². The van der Waals surface area contributed by atoms with Crippen LogP contribution in [0.25, 0.3) is 11.0 Å². The summed E-state index contributed by atoms with van der Waals surface area (Å²) in [5.41, 5.74) is 1.98. The first-order valence-electron chi connectivity index (χ1n) is 14.2. The van der Waals surface area contributed by atoms with Gasteiger partial charge >= 0.3 is 5.97 Å². The number of aliphatic carboxylic acids is 1. The largest absolute Gasteiger partial charge is 0.479 e. The lowest BCUT2D eigenvalue weighted by Crippen LogP contribution is -2.58. The van der Waals surface area contributed by atoms with E-state index < -0.39 is 12.6 Å². The second-order valence-electron chi connectivity index (χ2n) is 11.8. The Kier molecular flexibility index (Phi) is 6.78. The number of hydrogen-bond donors (Lipinski definition) is 1. The highest BCUT2D eigenvalue weighted by atomic mass is 16.6. The summed E-state index contributed by atoms with van der Waals surface area (Å²) in [5.74, 6) is 0.715. The van der Waals surface area contributed by atoms with Crippen molar-refractivity contribution in [2.45, 2.75) is 102 Å². The third-order valence-corrected chi connectivity index (χ3v) is 9.42. The average Bonchev–Trinajstić information content (AvgIpc) is 2.87. The highest BCUT2D eigenvalue weighted by molar-refractivity contribution is 5.97. The van der Waals surface area contributed by atoms with Crippen molar-refractivity contribution in [1.82, 2.24) is 14.5 Å². The fourth-order valence-electron chi connectivity index (χ4n) is 8.12. The van der Waals surface area contributed by atoms with Gasteiger partial charge in [0, 0.05) is 24.2 Å². The van der Waals surface area contributed by atoms with Gasteiger partial charge in [-0.3, -0.25) is 9.69 Å². The summed E-state index contributed by atoms with van der Waals surface area (Å²) < 4.78 is 1.96. The summed E-state index contributed by atoms with van der Waals surface area (Å²) in [6.07, 6.45) is 14.1. The van der Waals surface area contributed by atoms with Crippen molar-refractivity contribution >= 4 is 22.7 Å². The second kappa shape index (κ2) is 10.2. The van der Waals surface area contributed by atoms with Crippen LogP contribution in [0.5, 0.6) is 0 Å².